The van der Waals surface area contributed by atoms with Gasteiger partial charge in [0.2, 0.25) is 0 Å². The van der Waals surface area contributed by atoms with Crippen molar-refractivity contribution in [2.45, 2.75) is 13.0 Å². The Hall–Kier alpha value is -1.62. The van der Waals surface area contributed by atoms with Gasteiger partial charge in [-0.25, -0.2) is 0 Å². The van der Waals surface area contributed by atoms with Crippen LogP contribution in [0.3, 0.4) is 0 Å². The Morgan fingerprint density at radius 2 is 2.07 bits per heavy atom. The maximum Gasteiger partial charge on any atom is 0.269 e. The van der Waals surface area contributed by atoms with Gasteiger partial charge in [0.1, 0.15) is 12.4 Å². The summed E-state index contributed by atoms with van der Waals surface area (Å²) in [7, 11) is 0. The van der Waals surface area contributed by atoms with Crippen LogP contribution in [0.25, 0.3) is 0 Å². The van der Waals surface area contributed by atoms with Crippen molar-refractivity contribution in [1.29, 1.82) is 0 Å². The lowest BCUT2D eigenvalue weighted by atomic mass is 10.3. The molecule has 0 aliphatic rings. The van der Waals surface area contributed by atoms with Crippen molar-refractivity contribution in [2.24, 2.45) is 0 Å². The lowest BCUT2D eigenvalue weighted by Crippen LogP contribution is -2.12. The van der Waals surface area contributed by atoms with Gasteiger partial charge in [-0.2, -0.15) is 0 Å². The van der Waals surface area contributed by atoms with E-state index >= 15 is 0 Å². The molecule has 1 N–H and O–H groups in total. The van der Waals surface area contributed by atoms with Gasteiger partial charge in [-0.05, 0) is 19.1 Å². The molecule has 0 saturated carbocycles. The number of ether oxygens (including phenoxy) is 1. The monoisotopic (exact) mass is 197 g/mol. The summed E-state index contributed by atoms with van der Waals surface area (Å²) in [5.41, 5.74) is 0.0226. The number of aliphatic hydroxyl groups is 1. The first-order valence-electron chi connectivity index (χ1n) is 4.15. The fourth-order valence-electron chi connectivity index (χ4n) is 0.881. The van der Waals surface area contributed by atoms with E-state index in [4.69, 9.17) is 9.84 Å². The highest BCUT2D eigenvalue weighted by Crippen LogP contribution is 2.17. The van der Waals surface area contributed by atoms with Crippen molar-refractivity contribution < 1.29 is 14.8 Å². The molecule has 0 saturated heterocycles. The van der Waals surface area contributed by atoms with Gasteiger partial charge in [-0.1, -0.05) is 0 Å². The molecular weight excluding hydrogens is 186 g/mol. The average Bonchev–Trinajstić information content (AvgIpc) is 2.15. The fraction of sp³-hybridized carbons (Fsp3) is 0.333. The molecule has 0 amide bonds. The molecule has 0 unspecified atom stereocenters. The Morgan fingerprint density at radius 3 is 2.50 bits per heavy atom. The summed E-state index contributed by atoms with van der Waals surface area (Å²) in [6.07, 6.45) is -0.551. The fourth-order valence-corrected chi connectivity index (χ4v) is 0.881. The lowest BCUT2D eigenvalue weighted by Gasteiger charge is -2.06. The van der Waals surface area contributed by atoms with Crippen molar-refractivity contribution in [3.63, 3.8) is 0 Å². The normalized spacial score (nSPS) is 12.1. The van der Waals surface area contributed by atoms with Crippen LogP contribution in [-0.4, -0.2) is 22.7 Å². The number of non-ortho nitro benzene ring substituents is 1. The van der Waals surface area contributed by atoms with E-state index in [1.807, 2.05) is 0 Å². The molecule has 14 heavy (non-hydrogen) atoms. The average molecular weight is 197 g/mol. The highest BCUT2D eigenvalue weighted by molar-refractivity contribution is 5.35. The second-order valence-corrected chi connectivity index (χ2v) is 2.91. The van der Waals surface area contributed by atoms with Crippen LogP contribution in [0.15, 0.2) is 24.3 Å². The SMILES string of the molecule is C[C@@H](O)COc1ccc([N+](=O)[O-])cc1. The molecule has 5 heteroatoms. The van der Waals surface area contributed by atoms with Crippen LogP contribution in [-0.2, 0) is 0 Å². The zero-order valence-electron chi connectivity index (χ0n) is 7.71. The van der Waals surface area contributed by atoms with Crippen molar-refractivity contribution >= 4 is 5.69 Å². The Bertz CT molecular complexity index is 307. The van der Waals surface area contributed by atoms with Crippen LogP contribution in [0.1, 0.15) is 6.92 Å². The number of benzene rings is 1. The molecular formula is C9H11NO4. The van der Waals surface area contributed by atoms with E-state index in [-0.39, 0.29) is 12.3 Å². The molecule has 0 heterocycles. The van der Waals surface area contributed by atoms with Crippen molar-refractivity contribution in [2.75, 3.05) is 6.61 Å². The van der Waals surface area contributed by atoms with Crippen LogP contribution >= 0.6 is 0 Å². The highest BCUT2D eigenvalue weighted by Gasteiger charge is 2.04. The van der Waals surface area contributed by atoms with Gasteiger partial charge in [0.25, 0.3) is 5.69 Å². The summed E-state index contributed by atoms with van der Waals surface area (Å²) in [5, 5.41) is 19.2. The number of nitrogens with zero attached hydrogens (tertiary/aromatic N) is 1. The van der Waals surface area contributed by atoms with Crippen molar-refractivity contribution in [3.8, 4) is 5.75 Å². The molecule has 0 aromatic heterocycles. The first kappa shape index (κ1) is 10.5. The van der Waals surface area contributed by atoms with Crippen LogP contribution in [0, 0.1) is 10.1 Å². The Kier molecular flexibility index (Phi) is 3.41. The van der Waals surface area contributed by atoms with Gasteiger partial charge in [0.05, 0.1) is 11.0 Å². The van der Waals surface area contributed by atoms with Gasteiger partial charge in [0, 0.05) is 12.1 Å². The molecule has 5 nitrogen and oxygen atoms in total. The summed E-state index contributed by atoms with van der Waals surface area (Å²) >= 11 is 0. The highest BCUT2D eigenvalue weighted by atomic mass is 16.6. The molecule has 0 radical (unpaired) electrons. The van der Waals surface area contributed by atoms with E-state index in [2.05, 4.69) is 0 Å². The Morgan fingerprint density at radius 1 is 1.50 bits per heavy atom. The van der Waals surface area contributed by atoms with E-state index in [0.717, 1.165) is 0 Å². The number of rotatable bonds is 4. The summed E-state index contributed by atoms with van der Waals surface area (Å²) in [4.78, 5) is 9.83. The number of hydrogen-bond donors (Lipinski definition) is 1. The molecule has 1 rings (SSSR count). The van der Waals surface area contributed by atoms with Gasteiger partial charge < -0.3 is 9.84 Å². The predicted octanol–water partition coefficient (Wildman–Crippen LogP) is 1.35. The van der Waals surface area contributed by atoms with Crippen LogP contribution < -0.4 is 4.74 Å². The summed E-state index contributed by atoms with van der Waals surface area (Å²) in [5.74, 6) is 0.511. The van der Waals surface area contributed by atoms with Gasteiger partial charge in [-0.15, -0.1) is 0 Å². The van der Waals surface area contributed by atoms with Gasteiger partial charge in [0.15, 0.2) is 0 Å². The van der Waals surface area contributed by atoms with Crippen LogP contribution in [0.4, 0.5) is 5.69 Å². The minimum Gasteiger partial charge on any atom is -0.491 e. The third-order valence-electron chi connectivity index (χ3n) is 1.54. The maximum atomic E-state index is 10.3. The molecule has 0 fully saturated rings. The quantitative estimate of drug-likeness (QED) is 0.584. The lowest BCUT2D eigenvalue weighted by molar-refractivity contribution is -0.384. The van der Waals surface area contributed by atoms with E-state index in [9.17, 15) is 10.1 Å². The number of aliphatic hydroxyl groups excluding tert-OH is 1. The third kappa shape index (κ3) is 3.02. The number of nitro benzene ring substituents is 1. The molecule has 0 spiro atoms. The van der Waals surface area contributed by atoms with E-state index < -0.39 is 11.0 Å². The Labute approximate surface area is 81.1 Å². The number of nitro groups is 1. The second kappa shape index (κ2) is 4.57. The Balaban J connectivity index is 2.60. The summed E-state index contributed by atoms with van der Waals surface area (Å²) < 4.78 is 5.13. The van der Waals surface area contributed by atoms with E-state index in [1.54, 1.807) is 6.92 Å². The molecule has 1 aromatic carbocycles. The molecule has 1 aromatic rings. The molecule has 0 aliphatic carbocycles. The molecule has 76 valence electrons. The number of hydrogen-bond acceptors (Lipinski definition) is 4. The third-order valence-corrected chi connectivity index (χ3v) is 1.54. The van der Waals surface area contributed by atoms with E-state index in [1.165, 1.54) is 24.3 Å². The summed E-state index contributed by atoms with van der Waals surface area (Å²) in [6, 6.07) is 5.72. The first-order chi connectivity index (χ1) is 6.59. The van der Waals surface area contributed by atoms with Crippen molar-refractivity contribution in [1.82, 2.24) is 0 Å². The smallest absolute Gasteiger partial charge is 0.269 e. The van der Waals surface area contributed by atoms with Gasteiger partial charge >= 0.3 is 0 Å². The minimum absolute atomic E-state index is 0.0226. The topological polar surface area (TPSA) is 72.6 Å². The van der Waals surface area contributed by atoms with Crippen molar-refractivity contribution in [3.05, 3.63) is 34.4 Å². The van der Waals surface area contributed by atoms with E-state index in [0.29, 0.717) is 5.75 Å². The zero-order valence-corrected chi connectivity index (χ0v) is 7.71. The van der Waals surface area contributed by atoms with Gasteiger partial charge in [-0.3, -0.25) is 10.1 Å². The minimum atomic E-state index is -0.551. The maximum absolute atomic E-state index is 10.3. The van der Waals surface area contributed by atoms with Crippen LogP contribution in [0.2, 0.25) is 0 Å². The first-order valence-corrected chi connectivity index (χ1v) is 4.15. The standard InChI is InChI=1S/C9H11NO4/c1-7(11)6-14-9-4-2-8(3-5-9)10(12)13/h2-5,7,11H,6H2,1H3/t7-/m1/s1. The second-order valence-electron chi connectivity index (χ2n) is 2.91. The summed E-state index contributed by atoms with van der Waals surface area (Å²) in [6.45, 7) is 1.78. The molecule has 0 bridgehead atoms. The zero-order chi connectivity index (χ0) is 10.6. The molecule has 0 aliphatic heterocycles. The predicted molar refractivity (Wildman–Crippen MR) is 50.3 cm³/mol. The largest absolute Gasteiger partial charge is 0.491 e. The molecule has 1 atom stereocenters. The van der Waals surface area contributed by atoms with Crippen LogP contribution in [0.5, 0.6) is 5.75 Å².